The van der Waals surface area contributed by atoms with E-state index in [2.05, 4.69) is 10.6 Å². The third-order valence-electron chi connectivity index (χ3n) is 4.36. The molecular weight excluding hydrogens is 360 g/mol. The molecule has 1 aliphatic rings. The number of amides is 2. The van der Waals surface area contributed by atoms with Gasteiger partial charge in [-0.3, -0.25) is 19.7 Å². The highest BCUT2D eigenvalue weighted by Gasteiger charge is 2.27. The van der Waals surface area contributed by atoms with Crippen LogP contribution in [0.15, 0.2) is 24.3 Å². The van der Waals surface area contributed by atoms with Crippen LogP contribution in [0.5, 0.6) is 0 Å². The third kappa shape index (κ3) is 5.67. The summed E-state index contributed by atoms with van der Waals surface area (Å²) in [7, 11) is 1.89. The van der Waals surface area contributed by atoms with E-state index < -0.39 is 16.9 Å². The Labute approximate surface area is 158 Å². The molecule has 2 N–H and O–H groups in total. The molecule has 2 unspecified atom stereocenters. The maximum Gasteiger partial charge on any atom is 0.270 e. The molecule has 0 aliphatic carbocycles. The van der Waals surface area contributed by atoms with E-state index in [0.717, 1.165) is 19.4 Å². The molecule has 0 radical (unpaired) electrons. The molecule has 2 rings (SSSR count). The number of piperidine rings is 1. The number of benzene rings is 1. The minimum absolute atomic E-state index is 0. The van der Waals surface area contributed by atoms with Crippen molar-refractivity contribution in [2.24, 2.45) is 5.92 Å². The molecule has 26 heavy (non-hydrogen) atoms. The van der Waals surface area contributed by atoms with Crippen LogP contribution in [0.1, 0.15) is 30.1 Å². The van der Waals surface area contributed by atoms with Gasteiger partial charge in [0.1, 0.15) is 6.04 Å². The zero-order valence-corrected chi connectivity index (χ0v) is 15.8. The average Bonchev–Trinajstić information content (AvgIpc) is 2.61. The Morgan fingerprint density at radius 1 is 1.42 bits per heavy atom. The second-order valence-corrected chi connectivity index (χ2v) is 6.35. The molecule has 2 amide bonds. The Kier molecular flexibility index (Phi) is 8.47. The van der Waals surface area contributed by atoms with E-state index in [4.69, 9.17) is 0 Å². The smallest absolute Gasteiger partial charge is 0.270 e. The third-order valence-corrected chi connectivity index (χ3v) is 4.36. The van der Waals surface area contributed by atoms with Gasteiger partial charge >= 0.3 is 0 Å². The first-order valence-corrected chi connectivity index (χ1v) is 8.41. The monoisotopic (exact) mass is 384 g/mol. The SMILES string of the molecule is CNCC1CCCN(C(=O)C(C)NC(=O)c2cccc([N+](=O)[O-])c2)C1.Cl. The molecule has 1 saturated heterocycles. The first kappa shape index (κ1) is 21.9. The van der Waals surface area contributed by atoms with Crippen LogP contribution in [-0.4, -0.2) is 54.4 Å². The lowest BCUT2D eigenvalue weighted by Crippen LogP contribution is -2.50. The number of nitro benzene ring substituents is 1. The molecular formula is C17H25ClN4O4. The summed E-state index contributed by atoms with van der Waals surface area (Å²) >= 11 is 0. The zero-order valence-electron chi connectivity index (χ0n) is 14.9. The van der Waals surface area contributed by atoms with Gasteiger partial charge in [-0.05, 0) is 45.3 Å². The molecule has 1 aliphatic heterocycles. The first-order valence-electron chi connectivity index (χ1n) is 8.41. The molecule has 0 bridgehead atoms. The normalized spacial score (nSPS) is 17.8. The number of hydrogen-bond donors (Lipinski definition) is 2. The largest absolute Gasteiger partial charge is 0.341 e. The number of rotatable bonds is 6. The topological polar surface area (TPSA) is 105 Å². The summed E-state index contributed by atoms with van der Waals surface area (Å²) in [6, 6.07) is 4.79. The van der Waals surface area contributed by atoms with E-state index in [0.29, 0.717) is 19.0 Å². The van der Waals surface area contributed by atoms with Gasteiger partial charge in [-0.25, -0.2) is 0 Å². The number of nitrogens with zero attached hydrogens (tertiary/aromatic N) is 2. The summed E-state index contributed by atoms with van der Waals surface area (Å²) in [5.41, 5.74) is 0.0121. The standard InChI is InChI=1S/C17H24N4O4.ClH/c1-12(17(23)20-8-4-5-13(11-20)10-18-2)19-16(22)14-6-3-7-15(9-14)21(24)25;/h3,6-7,9,12-13,18H,4-5,8,10-11H2,1-2H3,(H,19,22);1H. The molecule has 1 heterocycles. The molecule has 0 aromatic heterocycles. The van der Waals surface area contributed by atoms with E-state index >= 15 is 0 Å². The predicted molar refractivity (Wildman–Crippen MR) is 101 cm³/mol. The van der Waals surface area contributed by atoms with Crippen molar-refractivity contribution in [3.05, 3.63) is 39.9 Å². The van der Waals surface area contributed by atoms with E-state index in [-0.39, 0.29) is 29.6 Å². The number of carbonyl (C=O) groups excluding carboxylic acids is 2. The van der Waals surface area contributed by atoms with E-state index in [9.17, 15) is 19.7 Å². The van der Waals surface area contributed by atoms with Crippen LogP contribution in [0.2, 0.25) is 0 Å². The minimum atomic E-state index is -0.680. The molecule has 144 valence electrons. The maximum atomic E-state index is 12.6. The van der Waals surface area contributed by atoms with Gasteiger partial charge in [0.05, 0.1) is 4.92 Å². The summed E-state index contributed by atoms with van der Waals surface area (Å²) in [5.74, 6) is -0.199. The van der Waals surface area contributed by atoms with E-state index in [1.54, 1.807) is 11.8 Å². The van der Waals surface area contributed by atoms with Crippen molar-refractivity contribution in [3.8, 4) is 0 Å². The van der Waals surface area contributed by atoms with Crippen molar-refractivity contribution in [2.45, 2.75) is 25.8 Å². The number of nitrogens with one attached hydrogen (secondary N) is 2. The van der Waals surface area contributed by atoms with E-state index in [1.165, 1.54) is 24.3 Å². The van der Waals surface area contributed by atoms with Crippen LogP contribution < -0.4 is 10.6 Å². The van der Waals surface area contributed by atoms with E-state index in [1.807, 2.05) is 7.05 Å². The quantitative estimate of drug-likeness (QED) is 0.572. The van der Waals surface area contributed by atoms with Crippen LogP contribution >= 0.6 is 12.4 Å². The molecule has 8 nitrogen and oxygen atoms in total. The lowest BCUT2D eigenvalue weighted by Gasteiger charge is -2.34. The Morgan fingerprint density at radius 2 is 2.15 bits per heavy atom. The van der Waals surface area contributed by atoms with Gasteiger partial charge in [0, 0.05) is 30.8 Å². The average molecular weight is 385 g/mol. The Morgan fingerprint density at radius 3 is 2.81 bits per heavy atom. The molecule has 0 saturated carbocycles. The number of nitro groups is 1. The van der Waals surface area contributed by atoms with Crippen LogP contribution in [0.25, 0.3) is 0 Å². The fraction of sp³-hybridized carbons (Fsp3) is 0.529. The lowest BCUT2D eigenvalue weighted by molar-refractivity contribution is -0.384. The van der Waals surface area contributed by atoms with Crippen molar-refractivity contribution in [1.82, 2.24) is 15.5 Å². The van der Waals surface area contributed by atoms with Crippen LogP contribution in [0.3, 0.4) is 0 Å². The zero-order chi connectivity index (χ0) is 18.4. The maximum absolute atomic E-state index is 12.6. The van der Waals surface area contributed by atoms with Gasteiger partial charge in [0.15, 0.2) is 0 Å². The number of carbonyl (C=O) groups is 2. The summed E-state index contributed by atoms with van der Waals surface area (Å²) in [4.78, 5) is 36.9. The number of non-ortho nitro benzene ring substituents is 1. The number of likely N-dealkylation sites (tertiary alicyclic amines) is 1. The van der Waals surface area contributed by atoms with Gasteiger partial charge in [-0.2, -0.15) is 0 Å². The van der Waals surface area contributed by atoms with Crippen LogP contribution in [0, 0.1) is 16.0 Å². The highest BCUT2D eigenvalue weighted by atomic mass is 35.5. The summed E-state index contributed by atoms with van der Waals surface area (Å²) in [5, 5.41) is 16.6. The van der Waals surface area contributed by atoms with Crippen molar-refractivity contribution < 1.29 is 14.5 Å². The second kappa shape index (κ2) is 10.1. The fourth-order valence-corrected chi connectivity index (χ4v) is 3.10. The van der Waals surface area contributed by atoms with Crippen molar-refractivity contribution >= 4 is 29.9 Å². The summed E-state index contributed by atoms with van der Waals surface area (Å²) < 4.78 is 0. The molecule has 1 aromatic carbocycles. The van der Waals surface area contributed by atoms with Gasteiger partial charge < -0.3 is 15.5 Å². The number of halogens is 1. The fourth-order valence-electron chi connectivity index (χ4n) is 3.10. The number of hydrogen-bond acceptors (Lipinski definition) is 5. The molecule has 1 fully saturated rings. The summed E-state index contributed by atoms with van der Waals surface area (Å²) in [6.07, 6.45) is 2.03. The molecule has 0 spiro atoms. The van der Waals surface area contributed by atoms with Crippen molar-refractivity contribution in [3.63, 3.8) is 0 Å². The molecule has 1 aromatic rings. The van der Waals surface area contributed by atoms with Crippen LogP contribution in [-0.2, 0) is 4.79 Å². The summed E-state index contributed by atoms with van der Waals surface area (Å²) in [6.45, 7) is 3.87. The van der Waals surface area contributed by atoms with Crippen molar-refractivity contribution in [1.29, 1.82) is 0 Å². The first-order chi connectivity index (χ1) is 11.9. The van der Waals surface area contributed by atoms with Gasteiger partial charge in [-0.1, -0.05) is 6.07 Å². The van der Waals surface area contributed by atoms with Gasteiger partial charge in [-0.15, -0.1) is 12.4 Å². The molecule has 2 atom stereocenters. The van der Waals surface area contributed by atoms with Gasteiger partial charge in [0.25, 0.3) is 11.6 Å². The predicted octanol–water partition coefficient (Wildman–Crippen LogP) is 1.59. The highest BCUT2D eigenvalue weighted by Crippen LogP contribution is 2.17. The van der Waals surface area contributed by atoms with Crippen LogP contribution in [0.4, 0.5) is 5.69 Å². The Balaban J connectivity index is 0.00000338. The highest BCUT2D eigenvalue weighted by molar-refractivity contribution is 5.97. The second-order valence-electron chi connectivity index (χ2n) is 6.35. The Bertz CT molecular complexity index is 653. The Hall–Kier alpha value is -2.19. The minimum Gasteiger partial charge on any atom is -0.341 e. The van der Waals surface area contributed by atoms with Gasteiger partial charge in [0.2, 0.25) is 5.91 Å². The lowest BCUT2D eigenvalue weighted by atomic mass is 9.97. The molecule has 9 heteroatoms. The van der Waals surface area contributed by atoms with Crippen molar-refractivity contribution in [2.75, 3.05) is 26.7 Å².